The van der Waals surface area contributed by atoms with Crippen molar-refractivity contribution in [3.8, 4) is 0 Å². The van der Waals surface area contributed by atoms with E-state index in [2.05, 4.69) is 10.0 Å². The molecule has 0 aliphatic carbocycles. The van der Waals surface area contributed by atoms with E-state index in [9.17, 15) is 12.3 Å². The molecule has 1 fully saturated rings. The molecule has 1 aliphatic heterocycles. The molecule has 1 aliphatic rings. The lowest BCUT2D eigenvalue weighted by Gasteiger charge is -2.32. The largest absolute Gasteiger partial charge is 0.495 e. The van der Waals surface area contributed by atoms with Gasteiger partial charge in [0.1, 0.15) is 5.75 Å². The first-order chi connectivity index (χ1) is 10.9. The molecule has 2 rings (SSSR count). The Morgan fingerprint density at radius 3 is 2.25 bits per heavy atom. The maximum Gasteiger partial charge on any atom is 0.495 e. The fraction of sp³-hybridized carbons (Fsp3) is 0.571. The normalized spacial score (nSPS) is 19.2. The van der Waals surface area contributed by atoms with E-state index in [4.69, 9.17) is 14.8 Å². The van der Waals surface area contributed by atoms with Gasteiger partial charge < -0.3 is 9.31 Å². The molecule has 24 heavy (non-hydrogen) atoms. The van der Waals surface area contributed by atoms with Crippen molar-refractivity contribution in [2.75, 3.05) is 0 Å². The van der Waals surface area contributed by atoms with Crippen LogP contribution >= 0.6 is 0 Å². The average molecular weight is 355 g/mol. The summed E-state index contributed by atoms with van der Waals surface area (Å²) in [7, 11) is -5.50. The van der Waals surface area contributed by atoms with Crippen LogP contribution in [0.15, 0.2) is 17.2 Å². The van der Waals surface area contributed by atoms with Crippen LogP contribution in [0.25, 0.3) is 10.4 Å². The molecule has 1 heterocycles. The minimum absolute atomic E-state index is 0.162. The number of benzene rings is 1. The Morgan fingerprint density at radius 1 is 1.25 bits per heavy atom. The summed E-state index contributed by atoms with van der Waals surface area (Å²) in [4.78, 5) is 2.73. The van der Waals surface area contributed by atoms with Crippen LogP contribution in [-0.4, -0.2) is 26.7 Å². The summed E-state index contributed by atoms with van der Waals surface area (Å²) < 4.78 is 46.9. The summed E-state index contributed by atoms with van der Waals surface area (Å²) in [5, 5.41) is 3.55. The first-order valence-electron chi connectivity index (χ1n) is 7.33. The van der Waals surface area contributed by atoms with Crippen LogP contribution in [0.5, 0.6) is 0 Å². The fourth-order valence-electron chi connectivity index (χ4n) is 2.43. The zero-order valence-electron chi connectivity index (χ0n) is 14.2. The first kappa shape index (κ1) is 18.7. The highest BCUT2D eigenvalue weighted by Gasteiger charge is 2.52. The zero-order chi connectivity index (χ0) is 18.3. The Hall–Kier alpha value is -1.61. The molecule has 0 radical (unpaired) electrons. The molecule has 0 saturated carbocycles. The van der Waals surface area contributed by atoms with E-state index in [0.29, 0.717) is 11.0 Å². The van der Waals surface area contributed by atoms with Gasteiger partial charge in [-0.25, -0.2) is 0 Å². The van der Waals surface area contributed by atoms with E-state index in [1.165, 1.54) is 12.1 Å². The van der Waals surface area contributed by atoms with Crippen molar-refractivity contribution in [2.45, 2.75) is 51.6 Å². The number of hydrogen-bond donors (Lipinski definition) is 0. The van der Waals surface area contributed by atoms with Crippen LogP contribution in [0.4, 0.5) is 9.57 Å². The molecule has 0 unspecified atom stereocenters. The van der Waals surface area contributed by atoms with Crippen molar-refractivity contribution in [1.29, 1.82) is 0 Å². The molecular weight excluding hydrogens is 336 g/mol. The minimum Gasteiger partial charge on any atom is -0.399 e. The Balaban J connectivity index is 2.55. The Labute approximate surface area is 141 Å². The minimum atomic E-state index is -4.72. The van der Waals surface area contributed by atoms with Crippen LogP contribution < -0.4 is 5.46 Å². The highest BCUT2D eigenvalue weighted by atomic mass is 32.3. The van der Waals surface area contributed by atoms with Crippen LogP contribution in [-0.2, 0) is 25.3 Å². The Morgan fingerprint density at radius 2 is 1.79 bits per heavy atom. The maximum absolute atomic E-state index is 13.1. The molecule has 0 aromatic heterocycles. The van der Waals surface area contributed by atoms with E-state index in [0.717, 1.165) is 0 Å². The Bertz CT molecular complexity index is 804. The van der Waals surface area contributed by atoms with E-state index in [1.54, 1.807) is 6.92 Å². The van der Waals surface area contributed by atoms with Gasteiger partial charge in [-0.1, -0.05) is 11.2 Å². The van der Waals surface area contributed by atoms with Gasteiger partial charge in [0.15, 0.2) is 0 Å². The van der Waals surface area contributed by atoms with Crippen molar-refractivity contribution in [1.82, 2.24) is 0 Å². The van der Waals surface area contributed by atoms with Gasteiger partial charge in [-0.3, -0.25) is 0 Å². The van der Waals surface area contributed by atoms with Crippen LogP contribution in [0.3, 0.4) is 0 Å². The number of azide groups is 1. The molecule has 0 amide bonds. The summed E-state index contributed by atoms with van der Waals surface area (Å²) in [5.74, 6) is -0.812. The van der Waals surface area contributed by atoms with Crippen molar-refractivity contribution in [3.63, 3.8) is 0 Å². The molecule has 1 saturated heterocycles. The molecule has 1 aromatic carbocycles. The van der Waals surface area contributed by atoms with Crippen molar-refractivity contribution in [3.05, 3.63) is 33.7 Å². The topological polar surface area (TPSA) is 101 Å². The average Bonchev–Trinajstić information content (AvgIpc) is 2.60. The number of nitrogens with zero attached hydrogens (tertiary/aromatic N) is 3. The lowest BCUT2D eigenvalue weighted by molar-refractivity contribution is 0.00578. The van der Waals surface area contributed by atoms with Crippen molar-refractivity contribution < 1.29 is 21.6 Å². The summed E-state index contributed by atoms with van der Waals surface area (Å²) in [5.41, 5.74) is 8.98. The van der Waals surface area contributed by atoms with E-state index in [1.807, 2.05) is 27.7 Å². The molecule has 1 aromatic rings. The van der Waals surface area contributed by atoms with Gasteiger partial charge >= 0.3 is 17.3 Å². The van der Waals surface area contributed by atoms with Gasteiger partial charge in [0, 0.05) is 10.6 Å². The highest BCUT2D eigenvalue weighted by molar-refractivity contribution is 7.85. The first-order valence-corrected chi connectivity index (χ1v) is 8.88. The maximum atomic E-state index is 13.1. The second-order valence-corrected chi connectivity index (χ2v) is 8.16. The van der Waals surface area contributed by atoms with Gasteiger partial charge in [-0.15, -0.1) is 3.89 Å². The third kappa shape index (κ3) is 3.72. The number of hydrogen-bond acceptors (Lipinski definition) is 5. The summed E-state index contributed by atoms with van der Waals surface area (Å²) in [6.45, 7) is 9.23. The molecular formula is C14H19BFN3O4S. The van der Waals surface area contributed by atoms with Crippen LogP contribution in [0.2, 0.25) is 0 Å². The third-order valence-electron chi connectivity index (χ3n) is 4.48. The molecule has 10 heteroatoms. The molecule has 0 spiro atoms. The molecule has 7 nitrogen and oxygen atoms in total. The lowest BCUT2D eigenvalue weighted by atomic mass is 9.75. The van der Waals surface area contributed by atoms with Gasteiger partial charge in [0.05, 0.1) is 11.2 Å². The molecule has 0 atom stereocenters. The predicted molar refractivity (Wildman–Crippen MR) is 89.4 cm³/mol. The summed E-state index contributed by atoms with van der Waals surface area (Å²) >= 11 is 0. The second-order valence-electron chi connectivity index (χ2n) is 6.79. The highest BCUT2D eigenvalue weighted by Crippen LogP contribution is 2.37. The predicted octanol–water partition coefficient (Wildman–Crippen LogP) is 3.04. The van der Waals surface area contributed by atoms with E-state index >= 15 is 0 Å². The van der Waals surface area contributed by atoms with E-state index in [-0.39, 0.29) is 11.3 Å². The lowest BCUT2D eigenvalue weighted by Crippen LogP contribution is -2.41. The zero-order valence-corrected chi connectivity index (χ0v) is 15.0. The monoisotopic (exact) mass is 355 g/mol. The van der Waals surface area contributed by atoms with Crippen LogP contribution in [0.1, 0.15) is 38.8 Å². The quantitative estimate of drug-likeness (QED) is 0.272. The molecule has 0 N–H and O–H groups in total. The van der Waals surface area contributed by atoms with E-state index < -0.39 is 34.3 Å². The number of rotatable bonds is 4. The van der Waals surface area contributed by atoms with Crippen LogP contribution in [0, 0.1) is 6.92 Å². The standard InChI is InChI=1S/C14H19BFN3O4S/c1-9-11(15-22-13(2,3)14(4,5)23-15)6-10(8-24(16,20)21)7-12(9)18-19-17/h6-7H,8H2,1-5H3. The second kappa shape index (κ2) is 6.04. The molecule has 0 bridgehead atoms. The Kier molecular flexibility index (Phi) is 4.71. The van der Waals surface area contributed by atoms with Crippen molar-refractivity contribution >= 4 is 28.5 Å². The SMILES string of the molecule is Cc1c(N=[N+]=[N-])cc(CS(=O)(=O)F)cc1B1OC(C)(C)C(C)(C)O1. The van der Waals surface area contributed by atoms with Gasteiger partial charge in [-0.2, -0.15) is 8.42 Å². The van der Waals surface area contributed by atoms with Gasteiger partial charge in [-0.05, 0) is 62.8 Å². The summed E-state index contributed by atoms with van der Waals surface area (Å²) in [6.07, 6.45) is 0. The fourth-order valence-corrected chi connectivity index (χ4v) is 3.00. The van der Waals surface area contributed by atoms with Crippen molar-refractivity contribution in [2.24, 2.45) is 5.11 Å². The third-order valence-corrected chi connectivity index (χ3v) is 5.16. The molecule has 130 valence electrons. The number of halogens is 1. The van der Waals surface area contributed by atoms with Gasteiger partial charge in [0.25, 0.3) is 0 Å². The van der Waals surface area contributed by atoms with Gasteiger partial charge in [0.2, 0.25) is 0 Å². The summed E-state index contributed by atoms with van der Waals surface area (Å²) in [6, 6.07) is 2.85. The smallest absolute Gasteiger partial charge is 0.399 e.